The number of fused-ring (bicyclic) bond motifs is 1. The van der Waals surface area contributed by atoms with Crippen molar-refractivity contribution in [2.45, 2.75) is 37.3 Å². The van der Waals surface area contributed by atoms with E-state index in [1.165, 1.54) is 24.1 Å². The molecule has 3 heterocycles. The first-order valence-electron chi connectivity index (χ1n) is 15.6. The van der Waals surface area contributed by atoms with E-state index in [1.54, 1.807) is 20.0 Å². The maximum absolute atomic E-state index is 14.1. The third-order valence-corrected chi connectivity index (χ3v) is 13.1. The number of anilines is 1. The molecule has 2 atom stereocenters. The van der Waals surface area contributed by atoms with Crippen molar-refractivity contribution in [3.8, 4) is 11.1 Å². The van der Waals surface area contributed by atoms with Crippen molar-refractivity contribution in [3.05, 3.63) is 62.9 Å². The molecule has 2 saturated heterocycles. The molecular formula is C33H40ClCsF2IN8O2S-. The molecule has 260 valence electrons. The third kappa shape index (κ3) is 9.08. The molecule has 2 aromatic rings. The molecule has 0 unspecified atom stereocenters. The zero-order chi connectivity index (χ0) is 34.7. The molecule has 16 heteroatoms. The number of alkyl halides is 2. The summed E-state index contributed by atoms with van der Waals surface area (Å²) in [6.45, 7) is 10.7. The molecule has 0 saturated carbocycles. The minimum absolute atomic E-state index is 0. The maximum Gasteiger partial charge on any atom is 1.00 e. The molecule has 49 heavy (non-hydrogen) atoms. The first-order chi connectivity index (χ1) is 23.0. The van der Waals surface area contributed by atoms with Crippen LogP contribution in [0.1, 0.15) is 25.0 Å². The monoisotopic (exact) mass is 945 g/mol. The summed E-state index contributed by atoms with van der Waals surface area (Å²) in [7, 11) is 1.80. The van der Waals surface area contributed by atoms with Crippen molar-refractivity contribution >= 4 is 53.0 Å². The summed E-state index contributed by atoms with van der Waals surface area (Å²) >= 11 is 7.33. The number of para-hydroxylation sites is 1. The van der Waals surface area contributed by atoms with Crippen LogP contribution in [-0.4, -0.2) is 125 Å². The van der Waals surface area contributed by atoms with Crippen LogP contribution < -0.4 is 95.7 Å². The molecule has 0 aromatic heterocycles. The summed E-state index contributed by atoms with van der Waals surface area (Å²) in [5, 5.41) is 11.7. The number of hydrogen-bond donors (Lipinski definition) is 2. The van der Waals surface area contributed by atoms with Gasteiger partial charge in [0.15, 0.2) is 0 Å². The van der Waals surface area contributed by atoms with Gasteiger partial charge >= 0.3 is 371 Å². The number of benzene rings is 2. The van der Waals surface area contributed by atoms with E-state index < -0.39 is 27.9 Å². The second-order valence-electron chi connectivity index (χ2n) is 11.9. The smallest absolute Gasteiger partial charge is 1.00 e. The predicted molar refractivity (Wildman–Crippen MR) is 184 cm³/mol. The predicted octanol–water partition coefficient (Wildman–Crippen LogP) is -0.763. The van der Waals surface area contributed by atoms with Gasteiger partial charge in [-0.1, -0.05) is 0 Å². The Morgan fingerprint density at radius 1 is 1.20 bits per heavy atom. The van der Waals surface area contributed by atoms with Gasteiger partial charge < -0.3 is 0 Å². The molecule has 3 aliphatic rings. The molecule has 0 spiro atoms. The summed E-state index contributed by atoms with van der Waals surface area (Å²) in [6.07, 6.45) is 4.47. The Kier molecular flexibility index (Phi) is 15.4. The van der Waals surface area contributed by atoms with E-state index in [2.05, 4.69) is 28.0 Å². The van der Waals surface area contributed by atoms with E-state index in [0.29, 0.717) is 62.4 Å². The van der Waals surface area contributed by atoms with Crippen molar-refractivity contribution in [2.24, 2.45) is 4.99 Å². The topological polar surface area (TPSA) is 98.6 Å². The Morgan fingerprint density at radius 3 is 2.51 bits per heavy atom. The number of amidine groups is 1. The van der Waals surface area contributed by atoms with Gasteiger partial charge in [-0.25, -0.2) is 0 Å². The Bertz CT molecular complexity index is 1610. The van der Waals surface area contributed by atoms with E-state index >= 15 is 0 Å². The van der Waals surface area contributed by atoms with Gasteiger partial charge in [0.25, 0.3) is 0 Å². The van der Waals surface area contributed by atoms with Crippen LogP contribution in [0.2, 0.25) is 5.02 Å². The van der Waals surface area contributed by atoms with Crippen molar-refractivity contribution in [1.29, 1.82) is 5.41 Å². The summed E-state index contributed by atoms with van der Waals surface area (Å²) in [5.74, 6) is 0.365. The van der Waals surface area contributed by atoms with E-state index in [1.807, 2.05) is 38.1 Å². The molecule has 10 nitrogen and oxygen atoms in total. The number of amides is 3. The number of nitrogens with zero attached hydrogens (tertiary/aromatic N) is 6. The van der Waals surface area contributed by atoms with Crippen molar-refractivity contribution < 1.29 is 109 Å². The number of thioether (sulfide) groups is 1. The van der Waals surface area contributed by atoms with Crippen LogP contribution >= 0.6 is 23.4 Å². The van der Waals surface area contributed by atoms with E-state index in [0.717, 1.165) is 30.8 Å². The molecule has 3 amide bonds. The number of nitrogens with one attached hydrogen (secondary N) is 2. The second-order valence-corrected chi connectivity index (χ2v) is 15.7. The summed E-state index contributed by atoms with van der Waals surface area (Å²) in [5.41, 5.74) is 3.80. The molecular weight excluding hydrogens is 906 g/mol. The number of aliphatic imine (C=N–C) groups is 1. The molecule has 3 aliphatic heterocycles. The summed E-state index contributed by atoms with van der Waals surface area (Å²) < 4.78 is 28.8. The fraction of sp³-hybridized carbons (Fsp3) is 0.424. The molecule has 2 aromatic carbocycles. The molecule has 0 aliphatic carbocycles. The first kappa shape index (κ1) is 41.0. The standard InChI is InChI=1S/C33H40ClF2IN8O2S.Cs/c1-6-27(46)43-16-21(3)44(17-20(43)2)32-24-14-25(34)28(23-9-7-8-22(15-38)30(23)39-4)31(48-5)29(24)37-45(33(47)40-32)19-42-12-10-41(11-13-42)18-26(35)36;/h6-9,14-15,20-21,26,38-39H,1,5,10-13,16-19H2,2-4H3;/q-2;+1/t20-,21+;/m1./s1. The minimum atomic E-state index is -2.39. The van der Waals surface area contributed by atoms with Crippen LogP contribution in [0.3, 0.4) is 0 Å². The number of carbonyl (C=O) groups is 2. The Hall–Kier alpha value is -0.738. The van der Waals surface area contributed by atoms with E-state index in [-0.39, 0.29) is 99.5 Å². The largest absolute Gasteiger partial charge is 1.00 e. The van der Waals surface area contributed by atoms with Gasteiger partial charge in [-0.15, -0.1) is 0 Å². The Labute approximate surface area is 366 Å². The van der Waals surface area contributed by atoms with Gasteiger partial charge in [-0.05, 0) is 0 Å². The quantitative estimate of drug-likeness (QED) is 0.0854. The molecule has 2 fully saturated rings. The molecule has 2 N–H and O–H groups in total. The number of urea groups is 1. The maximum atomic E-state index is 14.1. The average Bonchev–Trinajstić information content (AvgIpc) is 3.20. The van der Waals surface area contributed by atoms with Crippen LogP contribution in [0.25, 0.3) is 11.1 Å². The number of halogens is 4. The number of piperazine rings is 2. The molecule has 5 rings (SSSR count). The Balaban J connectivity index is 0.00000541. The van der Waals surface area contributed by atoms with Crippen LogP contribution in [0.5, 0.6) is 0 Å². The van der Waals surface area contributed by atoms with Crippen LogP contribution in [0.15, 0.2) is 46.8 Å². The van der Waals surface area contributed by atoms with Gasteiger partial charge in [0, 0.05) is 0 Å². The van der Waals surface area contributed by atoms with Crippen molar-refractivity contribution in [2.75, 3.05) is 64.8 Å². The van der Waals surface area contributed by atoms with E-state index in [4.69, 9.17) is 22.0 Å². The van der Waals surface area contributed by atoms with Crippen LogP contribution in [-0.2, 0) is 4.79 Å². The fourth-order valence-electron chi connectivity index (χ4n) is 6.39. The number of hydrogen-bond acceptors (Lipinski definition) is 8. The zero-order valence-electron chi connectivity index (χ0n) is 28.2. The van der Waals surface area contributed by atoms with Gasteiger partial charge in [0.1, 0.15) is 0 Å². The molecule has 0 bridgehead atoms. The van der Waals surface area contributed by atoms with Crippen molar-refractivity contribution in [1.82, 2.24) is 22.7 Å². The average molecular weight is 946 g/mol. The second kappa shape index (κ2) is 18.3. The van der Waals surface area contributed by atoms with Gasteiger partial charge in [0.2, 0.25) is 0 Å². The normalized spacial score (nSPS) is 20.5. The SMILES string of the molecule is C=CC(=O)N1C[C@H](C)N(C2=NC(=O)N(CN3CCN(CC(F)F)CC3)[I-]c3c2cc(Cl)c(-c2cccc(C=N)c2NC)c3S[CH2-])C[C@H]1C.[Cs+]. The molecule has 0 radical (unpaired) electrons. The number of rotatable bonds is 9. The fourth-order valence-corrected chi connectivity index (χ4v) is 10.7. The first-order valence-corrected chi connectivity index (χ1v) is 19.0. The summed E-state index contributed by atoms with van der Waals surface area (Å²) in [6, 6.07) is 6.89. The third-order valence-electron chi connectivity index (χ3n) is 8.83. The van der Waals surface area contributed by atoms with Gasteiger partial charge in [0.05, 0.1) is 0 Å². The van der Waals surface area contributed by atoms with Gasteiger partial charge in [-0.2, -0.15) is 0 Å². The van der Waals surface area contributed by atoms with Crippen LogP contribution in [0.4, 0.5) is 19.3 Å². The number of carbonyl (C=O) groups excluding carboxylic acids is 2. The summed E-state index contributed by atoms with van der Waals surface area (Å²) in [4.78, 5) is 40.0. The van der Waals surface area contributed by atoms with Crippen molar-refractivity contribution in [3.63, 3.8) is 0 Å². The zero-order valence-corrected chi connectivity index (χ0v) is 38.2. The minimum Gasteiger partial charge on any atom is 1.00 e. The van der Waals surface area contributed by atoms with Gasteiger partial charge in [-0.3, -0.25) is 0 Å². The van der Waals surface area contributed by atoms with Crippen LogP contribution in [0, 0.1) is 15.2 Å². The Morgan fingerprint density at radius 2 is 1.90 bits per heavy atom. The van der Waals surface area contributed by atoms with E-state index in [9.17, 15) is 18.4 Å².